The first-order valence-corrected chi connectivity index (χ1v) is 7.59. The lowest BCUT2D eigenvalue weighted by molar-refractivity contribution is 0.155. The number of fused-ring (bicyclic) bond motifs is 1. The summed E-state index contributed by atoms with van der Waals surface area (Å²) < 4.78 is 0. The van der Waals surface area contributed by atoms with E-state index in [2.05, 4.69) is 30.1 Å². The van der Waals surface area contributed by atoms with E-state index in [1.807, 2.05) is 0 Å². The van der Waals surface area contributed by atoms with Crippen LogP contribution in [-0.4, -0.2) is 36.1 Å². The quantitative estimate of drug-likeness (QED) is 0.814. The molecule has 1 aliphatic carbocycles. The monoisotopic (exact) mass is 249 g/mol. The second-order valence-electron chi connectivity index (χ2n) is 6.24. The zero-order chi connectivity index (χ0) is 13.0. The topological polar surface area (TPSA) is 39.1 Å². The first-order valence-electron chi connectivity index (χ1n) is 7.59. The molecule has 2 fully saturated rings. The molecule has 2 aliphatic rings. The number of likely N-dealkylation sites (tertiary alicyclic amines) is 1. The fourth-order valence-electron chi connectivity index (χ4n) is 3.64. The van der Waals surface area contributed by atoms with Crippen molar-refractivity contribution in [2.75, 3.05) is 19.6 Å². The second-order valence-corrected chi connectivity index (χ2v) is 6.24. The van der Waals surface area contributed by atoms with Gasteiger partial charge in [-0.25, -0.2) is 0 Å². The lowest BCUT2D eigenvalue weighted by atomic mass is 9.85. The van der Waals surface area contributed by atoms with E-state index in [0.29, 0.717) is 0 Å². The number of rotatable bonds is 5. The molecule has 3 nitrogen and oxygen atoms in total. The normalized spacial score (nSPS) is 31.6. The predicted octanol–water partition coefficient (Wildman–Crippen LogP) is 2.53. The van der Waals surface area contributed by atoms with E-state index >= 15 is 0 Å². The minimum absolute atomic E-state index is 0.373. The summed E-state index contributed by atoms with van der Waals surface area (Å²) in [6, 6.07) is 3.24. The van der Waals surface area contributed by atoms with Gasteiger partial charge in [0.1, 0.15) is 5.54 Å². The molecule has 0 amide bonds. The Bertz CT molecular complexity index is 309. The van der Waals surface area contributed by atoms with Crippen LogP contribution in [0.5, 0.6) is 0 Å². The number of hydrogen-bond donors (Lipinski definition) is 1. The predicted molar refractivity (Wildman–Crippen MR) is 74.2 cm³/mol. The van der Waals surface area contributed by atoms with Crippen LogP contribution >= 0.6 is 0 Å². The van der Waals surface area contributed by atoms with Gasteiger partial charge in [-0.15, -0.1) is 0 Å². The maximum Gasteiger partial charge on any atom is 0.116 e. The molecule has 0 bridgehead atoms. The van der Waals surface area contributed by atoms with Crippen molar-refractivity contribution in [1.82, 2.24) is 10.2 Å². The van der Waals surface area contributed by atoms with Gasteiger partial charge in [0.05, 0.1) is 6.07 Å². The third-order valence-corrected chi connectivity index (χ3v) is 4.66. The minimum Gasteiger partial charge on any atom is -0.299 e. The second kappa shape index (κ2) is 6.04. The Kier molecular flexibility index (Phi) is 4.64. The smallest absolute Gasteiger partial charge is 0.116 e. The van der Waals surface area contributed by atoms with Gasteiger partial charge in [-0.05, 0) is 51.6 Å². The van der Waals surface area contributed by atoms with Crippen molar-refractivity contribution >= 4 is 0 Å². The highest BCUT2D eigenvalue weighted by molar-refractivity contribution is 5.07. The molecule has 1 aliphatic heterocycles. The Labute approximate surface area is 112 Å². The molecule has 1 N–H and O–H groups in total. The molecule has 0 spiro atoms. The summed E-state index contributed by atoms with van der Waals surface area (Å²) in [5, 5.41) is 12.8. The van der Waals surface area contributed by atoms with E-state index in [-0.39, 0.29) is 5.54 Å². The summed E-state index contributed by atoms with van der Waals surface area (Å²) >= 11 is 0. The van der Waals surface area contributed by atoms with Crippen molar-refractivity contribution in [2.24, 2.45) is 5.92 Å². The van der Waals surface area contributed by atoms with Gasteiger partial charge < -0.3 is 0 Å². The highest BCUT2D eigenvalue weighted by atomic mass is 15.2. The van der Waals surface area contributed by atoms with Crippen LogP contribution in [0.15, 0.2) is 0 Å². The first-order chi connectivity index (χ1) is 8.68. The summed E-state index contributed by atoms with van der Waals surface area (Å²) in [6.07, 6.45) is 7.98. The van der Waals surface area contributed by atoms with E-state index in [1.54, 1.807) is 0 Å². The van der Waals surface area contributed by atoms with Crippen molar-refractivity contribution in [3.63, 3.8) is 0 Å². The van der Waals surface area contributed by atoms with Gasteiger partial charge in [0.2, 0.25) is 0 Å². The largest absolute Gasteiger partial charge is 0.299 e. The molecule has 3 atom stereocenters. The van der Waals surface area contributed by atoms with Crippen molar-refractivity contribution < 1.29 is 0 Å². The fourth-order valence-corrected chi connectivity index (χ4v) is 3.64. The first kappa shape index (κ1) is 13.8. The standard InChI is InChI=1S/C15H27N3/c1-3-9-17-15(2,11-16)12-18-10-8-13-6-4-5-7-14(13)18/h13-14,17H,3-10,12H2,1-2H3. The molecule has 0 aromatic heterocycles. The molecule has 3 heteroatoms. The minimum atomic E-state index is -0.373. The lowest BCUT2D eigenvalue weighted by Gasteiger charge is -2.36. The molecule has 0 aromatic carbocycles. The van der Waals surface area contributed by atoms with Crippen LogP contribution < -0.4 is 5.32 Å². The molecule has 1 saturated heterocycles. The summed E-state index contributed by atoms with van der Waals surface area (Å²) in [6.45, 7) is 7.23. The van der Waals surface area contributed by atoms with E-state index in [0.717, 1.165) is 31.5 Å². The highest BCUT2D eigenvalue weighted by Crippen LogP contribution is 2.36. The van der Waals surface area contributed by atoms with Gasteiger partial charge in [-0.3, -0.25) is 10.2 Å². The molecule has 1 heterocycles. The maximum atomic E-state index is 9.43. The third kappa shape index (κ3) is 3.05. The van der Waals surface area contributed by atoms with Crippen molar-refractivity contribution in [2.45, 2.75) is 64.0 Å². The Morgan fingerprint density at radius 2 is 2.11 bits per heavy atom. The number of nitrogens with zero attached hydrogens (tertiary/aromatic N) is 2. The maximum absolute atomic E-state index is 9.43. The molecular weight excluding hydrogens is 222 g/mol. The Morgan fingerprint density at radius 1 is 1.33 bits per heavy atom. The van der Waals surface area contributed by atoms with E-state index in [9.17, 15) is 5.26 Å². The third-order valence-electron chi connectivity index (χ3n) is 4.66. The number of nitrogens with one attached hydrogen (secondary N) is 1. The Morgan fingerprint density at radius 3 is 2.83 bits per heavy atom. The molecular formula is C15H27N3. The summed E-state index contributed by atoms with van der Waals surface area (Å²) in [4.78, 5) is 2.58. The van der Waals surface area contributed by atoms with Crippen LogP contribution in [0.2, 0.25) is 0 Å². The van der Waals surface area contributed by atoms with Crippen LogP contribution in [0, 0.1) is 17.2 Å². The van der Waals surface area contributed by atoms with Crippen molar-refractivity contribution in [1.29, 1.82) is 5.26 Å². The SMILES string of the molecule is CCCNC(C)(C#N)CN1CCC2CCCCC21. The fraction of sp³-hybridized carbons (Fsp3) is 0.933. The Balaban J connectivity index is 1.93. The van der Waals surface area contributed by atoms with Crippen LogP contribution in [0.1, 0.15) is 52.4 Å². The van der Waals surface area contributed by atoms with Crippen LogP contribution in [0.4, 0.5) is 0 Å². The number of hydrogen-bond acceptors (Lipinski definition) is 3. The van der Waals surface area contributed by atoms with Gasteiger partial charge in [0.15, 0.2) is 0 Å². The van der Waals surface area contributed by atoms with Crippen LogP contribution in [0.25, 0.3) is 0 Å². The average molecular weight is 249 g/mol. The summed E-state index contributed by atoms with van der Waals surface area (Å²) in [7, 11) is 0. The van der Waals surface area contributed by atoms with Gasteiger partial charge in [0.25, 0.3) is 0 Å². The van der Waals surface area contributed by atoms with Gasteiger partial charge in [0, 0.05) is 12.6 Å². The van der Waals surface area contributed by atoms with Crippen LogP contribution in [-0.2, 0) is 0 Å². The number of nitriles is 1. The zero-order valence-corrected chi connectivity index (χ0v) is 11.9. The van der Waals surface area contributed by atoms with E-state index in [1.165, 1.54) is 38.6 Å². The Hall–Kier alpha value is -0.590. The zero-order valence-electron chi connectivity index (χ0n) is 11.9. The molecule has 18 heavy (non-hydrogen) atoms. The molecule has 1 saturated carbocycles. The molecule has 0 radical (unpaired) electrons. The molecule has 0 aromatic rings. The molecule has 2 rings (SSSR count). The van der Waals surface area contributed by atoms with Gasteiger partial charge in [-0.2, -0.15) is 5.26 Å². The summed E-state index contributed by atoms with van der Waals surface area (Å²) in [5.74, 6) is 0.910. The highest BCUT2D eigenvalue weighted by Gasteiger charge is 2.38. The van der Waals surface area contributed by atoms with Crippen molar-refractivity contribution in [3.05, 3.63) is 0 Å². The van der Waals surface area contributed by atoms with Crippen LogP contribution in [0.3, 0.4) is 0 Å². The van der Waals surface area contributed by atoms with E-state index < -0.39 is 0 Å². The summed E-state index contributed by atoms with van der Waals surface area (Å²) in [5.41, 5.74) is -0.373. The van der Waals surface area contributed by atoms with Crippen molar-refractivity contribution in [3.8, 4) is 6.07 Å². The molecule has 3 unspecified atom stereocenters. The average Bonchev–Trinajstić information content (AvgIpc) is 2.80. The van der Waals surface area contributed by atoms with Gasteiger partial charge in [-0.1, -0.05) is 19.8 Å². The lowest BCUT2D eigenvalue weighted by Crippen LogP contribution is -2.52. The van der Waals surface area contributed by atoms with E-state index in [4.69, 9.17) is 0 Å². The molecule has 102 valence electrons. The van der Waals surface area contributed by atoms with Gasteiger partial charge >= 0.3 is 0 Å².